The van der Waals surface area contributed by atoms with Gasteiger partial charge < -0.3 is 10.5 Å². The van der Waals surface area contributed by atoms with E-state index in [-0.39, 0.29) is 0 Å². The number of hydrogen-bond acceptors (Lipinski definition) is 5. The molecule has 0 bridgehead atoms. The summed E-state index contributed by atoms with van der Waals surface area (Å²) in [5.41, 5.74) is -0.890. The Labute approximate surface area is 113 Å². The summed E-state index contributed by atoms with van der Waals surface area (Å²) in [4.78, 5) is 10.8. The molecule has 0 spiro atoms. The fraction of sp³-hybridized carbons (Fsp3) is 0.444. The molecule has 1 aliphatic carbocycles. The molecule has 1 amide bonds. The highest BCUT2D eigenvalue weighted by Gasteiger charge is 2.45. The number of alkyl halides is 6. The smallest absolute Gasteiger partial charge is 0.316 e. The van der Waals surface area contributed by atoms with E-state index in [1.54, 1.807) is 0 Å². The van der Waals surface area contributed by atoms with Crippen LogP contribution in [0.15, 0.2) is 23.0 Å². The molecule has 21 heavy (non-hydrogen) atoms. The molecule has 1 aliphatic rings. The van der Waals surface area contributed by atoms with Gasteiger partial charge in [-0.15, -0.1) is 0 Å². The quantitative estimate of drug-likeness (QED) is 0.396. The van der Waals surface area contributed by atoms with Gasteiger partial charge in [0.05, 0.1) is 23.0 Å². The van der Waals surface area contributed by atoms with Crippen LogP contribution >= 0.6 is 0 Å². The van der Waals surface area contributed by atoms with Crippen molar-refractivity contribution >= 4 is 5.91 Å². The predicted octanol–water partition coefficient (Wildman–Crippen LogP) is 1.10. The average Bonchev–Trinajstić information content (AvgIpc) is 2.36. The molecule has 0 aliphatic heterocycles. The van der Waals surface area contributed by atoms with Crippen molar-refractivity contribution in [1.29, 1.82) is 0 Å². The number of rotatable bonds is 3. The van der Waals surface area contributed by atoms with E-state index in [1.165, 1.54) is 11.0 Å². The third-order valence-electron chi connectivity index (χ3n) is 2.47. The Bertz CT molecular complexity index is 482. The van der Waals surface area contributed by atoms with Gasteiger partial charge in [-0.05, 0) is 0 Å². The van der Waals surface area contributed by atoms with E-state index in [9.17, 15) is 31.1 Å². The number of hydrogen-bond donors (Lipinski definition) is 5. The molecule has 1 atom stereocenters. The van der Waals surface area contributed by atoms with Gasteiger partial charge in [0.1, 0.15) is 0 Å². The molecule has 12 heteroatoms. The van der Waals surface area contributed by atoms with Gasteiger partial charge in [-0.1, -0.05) is 6.08 Å². The summed E-state index contributed by atoms with van der Waals surface area (Å²) in [7, 11) is 0. The lowest BCUT2D eigenvalue weighted by molar-refractivity contribution is -0.172. The Morgan fingerprint density at radius 3 is 2.14 bits per heavy atom. The molecule has 0 aromatic rings. The number of carbonyl (C=O) groups is 1. The predicted molar refractivity (Wildman–Crippen MR) is 53.6 cm³/mol. The third kappa shape index (κ3) is 4.09. The summed E-state index contributed by atoms with van der Waals surface area (Å²) < 4.78 is 74.8. The van der Waals surface area contributed by atoms with Crippen LogP contribution in [0.5, 0.6) is 0 Å². The van der Waals surface area contributed by atoms with E-state index in [0.717, 1.165) is 5.32 Å². The topological polar surface area (TPSA) is 93.6 Å². The van der Waals surface area contributed by atoms with Gasteiger partial charge in [-0.2, -0.15) is 31.8 Å². The Kier molecular flexibility index (Phi) is 4.86. The van der Waals surface area contributed by atoms with Crippen molar-refractivity contribution in [3.05, 3.63) is 23.0 Å². The standard InChI is InChI=1S/C9H9F6N3O3/c10-8(11,12)4-1-3(17-20)2-5(18-21)6(4)16-7(19)9(13,14)15/h1,3,17-18,20-21H,2H2,(H,16,19). The zero-order chi connectivity index (χ0) is 16.4. The molecule has 0 aromatic carbocycles. The molecule has 5 N–H and O–H groups in total. The van der Waals surface area contributed by atoms with Crippen molar-refractivity contribution in [3.8, 4) is 0 Å². The van der Waals surface area contributed by atoms with Crippen molar-refractivity contribution in [3.63, 3.8) is 0 Å². The second kappa shape index (κ2) is 5.91. The monoisotopic (exact) mass is 321 g/mol. The molecule has 6 nitrogen and oxygen atoms in total. The average molecular weight is 321 g/mol. The van der Waals surface area contributed by atoms with Gasteiger partial charge in [0.2, 0.25) is 0 Å². The Morgan fingerprint density at radius 1 is 1.19 bits per heavy atom. The molecule has 120 valence electrons. The van der Waals surface area contributed by atoms with Crippen molar-refractivity contribution in [1.82, 2.24) is 16.3 Å². The molecule has 1 unspecified atom stereocenters. The highest BCUT2D eigenvalue weighted by atomic mass is 19.4. The maximum absolute atomic E-state index is 12.8. The summed E-state index contributed by atoms with van der Waals surface area (Å²) in [6, 6.07) is -1.32. The van der Waals surface area contributed by atoms with E-state index in [0.29, 0.717) is 6.08 Å². The van der Waals surface area contributed by atoms with Gasteiger partial charge in [0.25, 0.3) is 0 Å². The fourth-order valence-corrected chi connectivity index (χ4v) is 1.58. The third-order valence-corrected chi connectivity index (χ3v) is 2.47. The fourth-order valence-electron chi connectivity index (χ4n) is 1.58. The molecule has 1 rings (SSSR count). The van der Waals surface area contributed by atoms with Crippen LogP contribution in [0.1, 0.15) is 6.42 Å². The first kappa shape index (κ1) is 17.3. The number of allylic oxidation sites excluding steroid dienone is 1. The number of halogens is 6. The first-order valence-electron chi connectivity index (χ1n) is 5.21. The second-order valence-electron chi connectivity index (χ2n) is 3.94. The molecule has 0 radical (unpaired) electrons. The number of hydroxylamine groups is 2. The lowest BCUT2D eigenvalue weighted by atomic mass is 9.96. The minimum atomic E-state index is -5.41. The lowest BCUT2D eigenvalue weighted by Gasteiger charge is -2.27. The summed E-state index contributed by atoms with van der Waals surface area (Å²) in [6.07, 6.45) is -10.7. The highest BCUT2D eigenvalue weighted by Crippen LogP contribution is 2.35. The van der Waals surface area contributed by atoms with E-state index in [2.05, 4.69) is 0 Å². The molecule has 0 saturated heterocycles. The van der Waals surface area contributed by atoms with E-state index in [1.807, 2.05) is 0 Å². The van der Waals surface area contributed by atoms with Crippen molar-refractivity contribution < 1.29 is 41.6 Å². The summed E-state index contributed by atoms with van der Waals surface area (Å²) in [5.74, 6) is -2.63. The van der Waals surface area contributed by atoms with E-state index >= 15 is 0 Å². The van der Waals surface area contributed by atoms with Crippen LogP contribution in [0.4, 0.5) is 26.3 Å². The van der Waals surface area contributed by atoms with E-state index < -0.39 is 47.7 Å². The molecule has 0 aromatic heterocycles. The first-order valence-corrected chi connectivity index (χ1v) is 5.21. The van der Waals surface area contributed by atoms with Crippen LogP contribution in [-0.2, 0) is 4.79 Å². The maximum Gasteiger partial charge on any atom is 0.471 e. The second-order valence-corrected chi connectivity index (χ2v) is 3.94. The summed E-state index contributed by atoms with van der Waals surface area (Å²) in [6.45, 7) is 0. The van der Waals surface area contributed by atoms with Crippen LogP contribution in [-0.4, -0.2) is 34.7 Å². The van der Waals surface area contributed by atoms with Gasteiger partial charge in [0.15, 0.2) is 0 Å². The van der Waals surface area contributed by atoms with Gasteiger partial charge in [-0.3, -0.25) is 15.5 Å². The van der Waals surface area contributed by atoms with Gasteiger partial charge >= 0.3 is 18.3 Å². The Morgan fingerprint density at radius 2 is 1.76 bits per heavy atom. The molecular weight excluding hydrogens is 312 g/mol. The Balaban J connectivity index is 3.24. The molecule has 0 fully saturated rings. The minimum absolute atomic E-state index is 0.382. The highest BCUT2D eigenvalue weighted by molar-refractivity contribution is 5.84. The molecular formula is C9H9F6N3O3. The minimum Gasteiger partial charge on any atom is -0.316 e. The summed E-state index contributed by atoms with van der Waals surface area (Å²) >= 11 is 0. The van der Waals surface area contributed by atoms with Crippen LogP contribution < -0.4 is 16.3 Å². The van der Waals surface area contributed by atoms with Crippen LogP contribution in [0.25, 0.3) is 0 Å². The molecule has 0 saturated carbocycles. The normalized spacial score (nSPS) is 20.2. The van der Waals surface area contributed by atoms with Crippen LogP contribution in [0, 0.1) is 0 Å². The first-order chi connectivity index (χ1) is 9.50. The number of nitrogens with one attached hydrogen (secondary N) is 3. The Hall–Kier alpha value is -1.79. The van der Waals surface area contributed by atoms with Gasteiger partial charge in [0, 0.05) is 6.42 Å². The zero-order valence-corrected chi connectivity index (χ0v) is 9.93. The van der Waals surface area contributed by atoms with Crippen molar-refractivity contribution in [2.45, 2.75) is 24.8 Å². The van der Waals surface area contributed by atoms with Crippen molar-refractivity contribution in [2.75, 3.05) is 0 Å². The van der Waals surface area contributed by atoms with Crippen LogP contribution in [0.2, 0.25) is 0 Å². The number of carbonyl (C=O) groups excluding carboxylic acids is 1. The van der Waals surface area contributed by atoms with Crippen LogP contribution in [0.3, 0.4) is 0 Å². The molecule has 0 heterocycles. The zero-order valence-electron chi connectivity index (χ0n) is 9.93. The maximum atomic E-state index is 12.8. The van der Waals surface area contributed by atoms with Gasteiger partial charge in [-0.25, -0.2) is 0 Å². The van der Waals surface area contributed by atoms with E-state index in [4.69, 9.17) is 10.4 Å². The lowest BCUT2D eigenvalue weighted by Crippen LogP contribution is -2.42. The summed E-state index contributed by atoms with van der Waals surface area (Å²) in [5, 5.41) is 18.4. The SMILES string of the molecule is O=C(NC1=C(NO)CC(NO)C=C1C(F)(F)F)C(F)(F)F. The number of amides is 1. The largest absolute Gasteiger partial charge is 0.471 e. The van der Waals surface area contributed by atoms with Crippen molar-refractivity contribution in [2.24, 2.45) is 0 Å².